The number of benzene rings is 3. The third kappa shape index (κ3) is 8.69. The van der Waals surface area contributed by atoms with Crippen LogP contribution in [-0.4, -0.2) is 40.4 Å². The summed E-state index contributed by atoms with van der Waals surface area (Å²) in [5.41, 5.74) is 2.08. The standard InChI is InChI=1S/C35H40FN3O5/c1-23(2)19-26(20-32(40)44-35(3,4)5)37-34(41)28-21-29(39(38-28)27-17-15-25(36)16-18-27)33-30(42-6)13-10-14-31(33)43-22-24-11-8-7-9-12-24/h7-18,21,23,26H,19-20,22H2,1-6H3,(H,37,41)/t26-/m0/s1. The van der Waals surface area contributed by atoms with E-state index >= 15 is 0 Å². The van der Waals surface area contributed by atoms with Gasteiger partial charge in [-0.3, -0.25) is 9.59 Å². The van der Waals surface area contributed by atoms with Crippen LogP contribution in [0.5, 0.6) is 11.5 Å². The van der Waals surface area contributed by atoms with Gasteiger partial charge in [0, 0.05) is 6.04 Å². The third-order valence-electron chi connectivity index (χ3n) is 6.64. The minimum absolute atomic E-state index is 0.0245. The first-order valence-electron chi connectivity index (χ1n) is 14.7. The van der Waals surface area contributed by atoms with Crippen molar-refractivity contribution in [3.8, 4) is 28.4 Å². The summed E-state index contributed by atoms with van der Waals surface area (Å²) in [6.45, 7) is 9.77. The first-order valence-corrected chi connectivity index (χ1v) is 14.7. The van der Waals surface area contributed by atoms with E-state index in [1.807, 2.05) is 56.3 Å². The number of esters is 1. The van der Waals surface area contributed by atoms with E-state index in [-0.39, 0.29) is 18.0 Å². The molecule has 1 heterocycles. The molecule has 0 saturated heterocycles. The van der Waals surface area contributed by atoms with Crippen molar-refractivity contribution in [1.29, 1.82) is 0 Å². The molecule has 4 aromatic rings. The molecule has 8 nitrogen and oxygen atoms in total. The molecule has 1 atom stereocenters. The number of carbonyl (C=O) groups is 2. The van der Waals surface area contributed by atoms with Crippen molar-refractivity contribution in [2.75, 3.05) is 7.11 Å². The molecule has 0 bridgehead atoms. The zero-order valence-corrected chi connectivity index (χ0v) is 26.1. The molecule has 0 aliphatic heterocycles. The van der Waals surface area contributed by atoms with Crippen molar-refractivity contribution >= 4 is 11.9 Å². The fourth-order valence-corrected chi connectivity index (χ4v) is 4.84. The Bertz CT molecular complexity index is 1560. The molecule has 0 saturated carbocycles. The first-order chi connectivity index (χ1) is 20.9. The number of methoxy groups -OCH3 is 1. The van der Waals surface area contributed by atoms with Gasteiger partial charge in [-0.1, -0.05) is 50.2 Å². The lowest BCUT2D eigenvalue weighted by Crippen LogP contribution is -2.39. The summed E-state index contributed by atoms with van der Waals surface area (Å²) < 4.78 is 32.9. The van der Waals surface area contributed by atoms with Crippen LogP contribution >= 0.6 is 0 Å². The zero-order valence-electron chi connectivity index (χ0n) is 26.1. The summed E-state index contributed by atoms with van der Waals surface area (Å²) in [5, 5.41) is 7.63. The number of halogens is 1. The molecule has 0 fully saturated rings. The van der Waals surface area contributed by atoms with Crippen LogP contribution in [0.4, 0.5) is 4.39 Å². The maximum absolute atomic E-state index is 13.9. The highest BCUT2D eigenvalue weighted by Gasteiger charge is 2.26. The molecule has 44 heavy (non-hydrogen) atoms. The number of hydrogen-bond donors (Lipinski definition) is 1. The number of rotatable bonds is 12. The summed E-state index contributed by atoms with van der Waals surface area (Å²) in [7, 11) is 1.55. The van der Waals surface area contributed by atoms with E-state index in [9.17, 15) is 14.0 Å². The van der Waals surface area contributed by atoms with Crippen molar-refractivity contribution in [3.63, 3.8) is 0 Å². The molecule has 0 aliphatic rings. The zero-order chi connectivity index (χ0) is 31.9. The van der Waals surface area contributed by atoms with E-state index in [2.05, 4.69) is 10.4 Å². The van der Waals surface area contributed by atoms with Crippen molar-refractivity contribution in [2.24, 2.45) is 5.92 Å². The second-order valence-electron chi connectivity index (χ2n) is 12.0. The highest BCUT2D eigenvalue weighted by molar-refractivity contribution is 5.94. The second-order valence-corrected chi connectivity index (χ2v) is 12.0. The normalized spacial score (nSPS) is 12.1. The molecule has 1 amide bonds. The van der Waals surface area contributed by atoms with Crippen molar-refractivity contribution in [2.45, 2.75) is 65.7 Å². The van der Waals surface area contributed by atoms with E-state index in [0.717, 1.165) is 5.56 Å². The Hall–Kier alpha value is -4.66. The Kier molecular flexibility index (Phi) is 10.4. The molecular formula is C35H40FN3O5. The quantitative estimate of drug-likeness (QED) is 0.174. The molecule has 1 aromatic heterocycles. The average Bonchev–Trinajstić information content (AvgIpc) is 3.40. The van der Waals surface area contributed by atoms with Gasteiger partial charge in [-0.2, -0.15) is 5.10 Å². The molecule has 3 aromatic carbocycles. The molecule has 0 aliphatic carbocycles. The average molecular weight is 602 g/mol. The molecule has 4 rings (SSSR count). The van der Waals surface area contributed by atoms with Crippen LogP contribution < -0.4 is 14.8 Å². The maximum Gasteiger partial charge on any atom is 0.308 e. The monoisotopic (exact) mass is 601 g/mol. The highest BCUT2D eigenvalue weighted by Crippen LogP contribution is 2.40. The minimum Gasteiger partial charge on any atom is -0.496 e. The van der Waals surface area contributed by atoms with Crippen LogP contribution in [0.15, 0.2) is 78.9 Å². The fourth-order valence-electron chi connectivity index (χ4n) is 4.84. The van der Waals surface area contributed by atoms with Crippen LogP contribution in [0.1, 0.15) is 63.5 Å². The number of nitrogens with zero attached hydrogens (tertiary/aromatic N) is 2. The van der Waals surface area contributed by atoms with Gasteiger partial charge in [0.25, 0.3) is 5.91 Å². The maximum atomic E-state index is 13.9. The molecule has 9 heteroatoms. The van der Waals surface area contributed by atoms with Crippen LogP contribution in [0.25, 0.3) is 16.9 Å². The van der Waals surface area contributed by atoms with Gasteiger partial charge in [0.1, 0.15) is 29.5 Å². The number of carbonyl (C=O) groups excluding carboxylic acids is 2. The number of nitrogens with one attached hydrogen (secondary N) is 1. The highest BCUT2D eigenvalue weighted by atomic mass is 19.1. The fraction of sp³-hybridized carbons (Fsp3) is 0.343. The van der Waals surface area contributed by atoms with Gasteiger partial charge in [-0.05, 0) is 81.1 Å². The lowest BCUT2D eigenvalue weighted by molar-refractivity contribution is -0.155. The Balaban J connectivity index is 1.73. The van der Waals surface area contributed by atoms with Gasteiger partial charge in [-0.25, -0.2) is 9.07 Å². The number of amides is 1. The van der Waals surface area contributed by atoms with Gasteiger partial charge in [0.15, 0.2) is 5.69 Å². The van der Waals surface area contributed by atoms with Crippen LogP contribution in [0, 0.1) is 11.7 Å². The second kappa shape index (κ2) is 14.2. The lowest BCUT2D eigenvalue weighted by atomic mass is 10.0. The Morgan fingerprint density at radius 2 is 1.64 bits per heavy atom. The first kappa shape index (κ1) is 32.3. The topological polar surface area (TPSA) is 91.7 Å². The lowest BCUT2D eigenvalue weighted by Gasteiger charge is -2.23. The predicted octanol–water partition coefficient (Wildman–Crippen LogP) is 7.14. The summed E-state index contributed by atoms with van der Waals surface area (Å²) in [6.07, 6.45) is 0.594. The Labute approximate surface area is 258 Å². The van der Waals surface area contributed by atoms with Gasteiger partial charge in [0.2, 0.25) is 0 Å². The summed E-state index contributed by atoms with van der Waals surface area (Å²) >= 11 is 0. The minimum atomic E-state index is -0.638. The number of aromatic nitrogens is 2. The largest absolute Gasteiger partial charge is 0.496 e. The van der Waals surface area contributed by atoms with Crippen LogP contribution in [0.2, 0.25) is 0 Å². The molecular weight excluding hydrogens is 561 g/mol. The SMILES string of the molecule is COc1cccc(OCc2ccccc2)c1-c1cc(C(=O)N[C@H](CC(=O)OC(C)(C)C)CC(C)C)nn1-c1ccc(F)cc1. The van der Waals surface area contributed by atoms with Gasteiger partial charge in [-0.15, -0.1) is 0 Å². The van der Waals surface area contributed by atoms with Crippen molar-refractivity contribution in [3.05, 3.63) is 95.9 Å². The molecule has 0 unspecified atom stereocenters. The van der Waals surface area contributed by atoms with Crippen LogP contribution in [-0.2, 0) is 16.1 Å². The summed E-state index contributed by atoms with van der Waals surface area (Å²) in [4.78, 5) is 26.3. The Morgan fingerprint density at radius 1 is 0.955 bits per heavy atom. The van der Waals surface area contributed by atoms with Crippen molar-refractivity contribution < 1.29 is 28.2 Å². The van der Waals surface area contributed by atoms with Gasteiger partial charge in [0.05, 0.1) is 30.5 Å². The number of hydrogen-bond acceptors (Lipinski definition) is 6. The van der Waals surface area contributed by atoms with E-state index in [1.54, 1.807) is 56.8 Å². The number of ether oxygens (including phenoxy) is 3. The summed E-state index contributed by atoms with van der Waals surface area (Å²) in [6, 6.07) is 22.2. The van der Waals surface area contributed by atoms with E-state index in [4.69, 9.17) is 14.2 Å². The summed E-state index contributed by atoms with van der Waals surface area (Å²) in [5.74, 6) is -0.00570. The van der Waals surface area contributed by atoms with Gasteiger partial charge < -0.3 is 19.5 Å². The Morgan fingerprint density at radius 3 is 2.27 bits per heavy atom. The van der Waals surface area contributed by atoms with Gasteiger partial charge >= 0.3 is 5.97 Å². The van der Waals surface area contributed by atoms with Crippen LogP contribution in [0.3, 0.4) is 0 Å². The molecule has 0 spiro atoms. The molecule has 1 N–H and O–H groups in total. The van der Waals surface area contributed by atoms with E-state index in [1.165, 1.54) is 12.1 Å². The smallest absolute Gasteiger partial charge is 0.308 e. The third-order valence-corrected chi connectivity index (χ3v) is 6.64. The predicted molar refractivity (Wildman–Crippen MR) is 167 cm³/mol. The van der Waals surface area contributed by atoms with Crippen molar-refractivity contribution in [1.82, 2.24) is 15.1 Å². The molecule has 0 radical (unpaired) electrons. The molecule has 232 valence electrons. The van der Waals surface area contributed by atoms with E-state index in [0.29, 0.717) is 41.5 Å². The van der Waals surface area contributed by atoms with E-state index < -0.39 is 29.3 Å².